The number of nitrogens with zero attached hydrogens (tertiary/aromatic N) is 3. The minimum Gasteiger partial charge on any atom is -0.396 e. The predicted molar refractivity (Wildman–Crippen MR) is 82.2 cm³/mol. The molecule has 1 aromatic rings. The highest BCUT2D eigenvalue weighted by molar-refractivity contribution is 5.76. The van der Waals surface area contributed by atoms with Crippen molar-refractivity contribution in [1.29, 1.82) is 0 Å². The lowest BCUT2D eigenvalue weighted by Crippen LogP contribution is -2.44. The molecule has 1 N–H and O–H groups in total. The van der Waals surface area contributed by atoms with Crippen LogP contribution in [-0.2, 0) is 23.9 Å². The van der Waals surface area contributed by atoms with Crippen LogP contribution in [0.15, 0.2) is 6.20 Å². The van der Waals surface area contributed by atoms with Gasteiger partial charge in [-0.05, 0) is 31.1 Å². The average molecular weight is 347 g/mol. The topological polar surface area (TPSA) is 58.4 Å². The molecule has 24 heavy (non-hydrogen) atoms. The van der Waals surface area contributed by atoms with Gasteiger partial charge in [0.15, 0.2) is 5.69 Å². The van der Waals surface area contributed by atoms with Crippen molar-refractivity contribution in [2.45, 2.75) is 45.8 Å². The smallest absolute Gasteiger partial charge is 0.396 e. The van der Waals surface area contributed by atoms with E-state index in [-0.39, 0.29) is 37.5 Å². The fourth-order valence-electron chi connectivity index (χ4n) is 3.34. The number of carbonyl (C=O) groups excluding carboxylic acids is 1. The van der Waals surface area contributed by atoms with Gasteiger partial charge in [0.05, 0.1) is 0 Å². The monoisotopic (exact) mass is 347 g/mol. The third kappa shape index (κ3) is 4.72. The number of halogens is 3. The summed E-state index contributed by atoms with van der Waals surface area (Å²) in [6.45, 7) is 5.02. The predicted octanol–water partition coefficient (Wildman–Crippen LogP) is 2.33. The van der Waals surface area contributed by atoms with Crippen LogP contribution in [0.5, 0.6) is 0 Å². The molecule has 136 valence electrons. The van der Waals surface area contributed by atoms with Crippen molar-refractivity contribution in [1.82, 2.24) is 14.7 Å². The van der Waals surface area contributed by atoms with Crippen LogP contribution in [0.4, 0.5) is 13.2 Å². The van der Waals surface area contributed by atoms with Crippen molar-refractivity contribution in [3.8, 4) is 0 Å². The van der Waals surface area contributed by atoms with Gasteiger partial charge in [0, 0.05) is 31.5 Å². The molecule has 1 aromatic heterocycles. The second-order valence-corrected chi connectivity index (χ2v) is 6.77. The number of amides is 1. The molecule has 0 radical (unpaired) electrons. The highest BCUT2D eigenvalue weighted by Gasteiger charge is 2.37. The molecule has 1 fully saturated rings. The number of aliphatic hydroxyl groups excluding tert-OH is 1. The zero-order chi connectivity index (χ0) is 17.9. The van der Waals surface area contributed by atoms with E-state index in [0.717, 1.165) is 11.1 Å². The number of aromatic nitrogens is 2. The van der Waals surface area contributed by atoms with E-state index in [0.29, 0.717) is 24.9 Å². The number of likely N-dealkylation sites (tertiary alicyclic amines) is 1. The summed E-state index contributed by atoms with van der Waals surface area (Å²) in [7, 11) is 0. The lowest BCUT2D eigenvalue weighted by molar-refractivity contribution is -0.143. The molecule has 1 amide bonds. The van der Waals surface area contributed by atoms with Gasteiger partial charge in [-0.25, -0.2) is 0 Å². The fraction of sp³-hybridized carbons (Fsp3) is 0.750. The van der Waals surface area contributed by atoms with Crippen LogP contribution in [0.1, 0.15) is 37.9 Å². The molecule has 0 spiro atoms. The van der Waals surface area contributed by atoms with Gasteiger partial charge in [-0.15, -0.1) is 0 Å². The first-order valence-corrected chi connectivity index (χ1v) is 8.22. The molecule has 0 bridgehead atoms. The van der Waals surface area contributed by atoms with Crippen LogP contribution in [-0.4, -0.2) is 45.4 Å². The number of piperidine rings is 1. The van der Waals surface area contributed by atoms with Crippen molar-refractivity contribution < 1.29 is 23.1 Å². The van der Waals surface area contributed by atoms with Gasteiger partial charge in [0.1, 0.15) is 6.54 Å². The molecular formula is C16H24F3N3O2. The van der Waals surface area contributed by atoms with Crippen LogP contribution < -0.4 is 0 Å². The molecule has 1 saturated heterocycles. The van der Waals surface area contributed by atoms with Gasteiger partial charge in [-0.2, -0.15) is 18.3 Å². The van der Waals surface area contributed by atoms with E-state index in [9.17, 15) is 18.0 Å². The zero-order valence-corrected chi connectivity index (χ0v) is 14.0. The molecule has 1 aliphatic rings. The molecule has 2 atom stereocenters. The summed E-state index contributed by atoms with van der Waals surface area (Å²) in [6.07, 6.45) is -1.93. The Hall–Kier alpha value is -1.57. The Morgan fingerprint density at radius 2 is 1.96 bits per heavy atom. The summed E-state index contributed by atoms with van der Waals surface area (Å²) in [6, 6.07) is 0. The average Bonchev–Trinajstić information content (AvgIpc) is 2.87. The van der Waals surface area contributed by atoms with Crippen molar-refractivity contribution in [3.63, 3.8) is 0 Å². The molecule has 0 aliphatic carbocycles. The minimum atomic E-state index is -4.56. The zero-order valence-electron chi connectivity index (χ0n) is 14.0. The molecule has 0 unspecified atom stereocenters. The third-order valence-electron chi connectivity index (χ3n) is 4.23. The fourth-order valence-corrected chi connectivity index (χ4v) is 3.34. The van der Waals surface area contributed by atoms with Gasteiger partial charge in [-0.1, -0.05) is 13.8 Å². The van der Waals surface area contributed by atoms with Gasteiger partial charge in [-0.3, -0.25) is 9.48 Å². The van der Waals surface area contributed by atoms with E-state index in [4.69, 9.17) is 5.11 Å². The van der Waals surface area contributed by atoms with Gasteiger partial charge in [0.2, 0.25) is 5.91 Å². The summed E-state index contributed by atoms with van der Waals surface area (Å²) in [5.74, 6) is 0.570. The SMILES string of the molecule is C[C@@H]1C[C@@H](C)CN(C(=O)Cn2cc(CCCO)c(C(F)(F)F)n2)C1. The molecule has 2 rings (SSSR count). The summed E-state index contributed by atoms with van der Waals surface area (Å²) < 4.78 is 40.2. The molecule has 0 aromatic carbocycles. The quantitative estimate of drug-likeness (QED) is 0.889. The maximum atomic E-state index is 13.0. The van der Waals surface area contributed by atoms with E-state index in [1.165, 1.54) is 6.20 Å². The Morgan fingerprint density at radius 1 is 1.33 bits per heavy atom. The Labute approximate surface area is 139 Å². The van der Waals surface area contributed by atoms with Crippen molar-refractivity contribution in [2.75, 3.05) is 19.7 Å². The second-order valence-electron chi connectivity index (χ2n) is 6.77. The minimum absolute atomic E-state index is 0.0183. The summed E-state index contributed by atoms with van der Waals surface area (Å²) in [5, 5.41) is 12.4. The standard InChI is InChI=1S/C16H24F3N3O2/c1-11-6-12(2)8-21(7-11)14(24)10-22-9-13(4-3-5-23)15(20-22)16(17,18)19/h9,11-12,23H,3-8,10H2,1-2H3/t11-,12-/m1/s1. The van der Waals surface area contributed by atoms with Gasteiger partial charge in [0.25, 0.3) is 0 Å². The first-order valence-electron chi connectivity index (χ1n) is 8.22. The molecule has 5 nitrogen and oxygen atoms in total. The maximum Gasteiger partial charge on any atom is 0.435 e. The lowest BCUT2D eigenvalue weighted by Gasteiger charge is -2.35. The molecular weight excluding hydrogens is 323 g/mol. The first kappa shape index (κ1) is 18.8. The van der Waals surface area contributed by atoms with E-state index in [1.54, 1.807) is 4.90 Å². The first-order chi connectivity index (χ1) is 11.2. The number of hydrogen-bond donors (Lipinski definition) is 1. The van der Waals surface area contributed by atoms with Crippen molar-refractivity contribution in [3.05, 3.63) is 17.5 Å². The van der Waals surface area contributed by atoms with E-state index < -0.39 is 11.9 Å². The summed E-state index contributed by atoms with van der Waals surface area (Å²) in [4.78, 5) is 14.1. The molecule has 8 heteroatoms. The lowest BCUT2D eigenvalue weighted by atomic mass is 9.92. The van der Waals surface area contributed by atoms with Crippen LogP contribution in [0, 0.1) is 11.8 Å². The van der Waals surface area contributed by atoms with E-state index in [2.05, 4.69) is 18.9 Å². The van der Waals surface area contributed by atoms with Crippen LogP contribution in [0.2, 0.25) is 0 Å². The Balaban J connectivity index is 2.11. The second kappa shape index (κ2) is 7.55. The van der Waals surface area contributed by atoms with Crippen molar-refractivity contribution in [2.24, 2.45) is 11.8 Å². The summed E-state index contributed by atoms with van der Waals surface area (Å²) >= 11 is 0. The van der Waals surface area contributed by atoms with Gasteiger partial charge >= 0.3 is 6.18 Å². The largest absolute Gasteiger partial charge is 0.435 e. The molecule has 0 saturated carbocycles. The number of aryl methyl sites for hydroxylation is 1. The van der Waals surface area contributed by atoms with Crippen LogP contribution >= 0.6 is 0 Å². The van der Waals surface area contributed by atoms with Crippen LogP contribution in [0.25, 0.3) is 0 Å². The molecule has 1 aliphatic heterocycles. The Morgan fingerprint density at radius 3 is 2.50 bits per heavy atom. The highest BCUT2D eigenvalue weighted by atomic mass is 19.4. The number of carbonyl (C=O) groups is 1. The Bertz CT molecular complexity index is 561. The van der Waals surface area contributed by atoms with Gasteiger partial charge < -0.3 is 10.0 Å². The number of aliphatic hydroxyl groups is 1. The maximum absolute atomic E-state index is 13.0. The Kier molecular flexibility index (Phi) is 5.90. The number of alkyl halides is 3. The number of rotatable bonds is 5. The third-order valence-corrected chi connectivity index (χ3v) is 4.23. The van der Waals surface area contributed by atoms with E-state index in [1.807, 2.05) is 0 Å². The highest BCUT2D eigenvalue weighted by Crippen LogP contribution is 2.31. The normalized spacial score (nSPS) is 22.0. The number of hydrogen-bond acceptors (Lipinski definition) is 3. The summed E-state index contributed by atoms with van der Waals surface area (Å²) in [5.41, 5.74) is -0.950. The van der Waals surface area contributed by atoms with Crippen molar-refractivity contribution >= 4 is 5.91 Å². The van der Waals surface area contributed by atoms with Crippen LogP contribution in [0.3, 0.4) is 0 Å². The molecule has 2 heterocycles. The van der Waals surface area contributed by atoms with E-state index >= 15 is 0 Å².